The highest BCUT2D eigenvalue weighted by Crippen LogP contribution is 2.19. The molecule has 0 amide bonds. The summed E-state index contributed by atoms with van der Waals surface area (Å²) in [6, 6.07) is 0. The highest BCUT2D eigenvalue weighted by molar-refractivity contribution is 4.86. The van der Waals surface area contributed by atoms with Crippen molar-refractivity contribution in [1.29, 1.82) is 0 Å². The van der Waals surface area contributed by atoms with Crippen LogP contribution in [0.2, 0.25) is 0 Å². The number of hydrogen-bond acceptors (Lipinski definition) is 4. The maximum atomic E-state index is 8.96. The number of hydrogen-bond donors (Lipinski definition) is 4. The van der Waals surface area contributed by atoms with E-state index in [9.17, 15) is 0 Å². The molecule has 4 heteroatoms. The van der Waals surface area contributed by atoms with Gasteiger partial charge in [0.1, 0.15) is 12.2 Å². The number of rotatable bonds is 0. The molecule has 1 aliphatic rings. The molecule has 0 aromatic carbocycles. The van der Waals surface area contributed by atoms with Crippen LogP contribution < -0.4 is 0 Å². The third kappa shape index (κ3) is 1.29. The molecule has 4 N–H and O–H groups in total. The summed E-state index contributed by atoms with van der Waals surface area (Å²) in [6.07, 6.45) is -3.47. The van der Waals surface area contributed by atoms with Gasteiger partial charge in [-0.25, -0.2) is 0 Å². The Morgan fingerprint density at radius 2 is 1.00 bits per heavy atom. The molecular weight excluding hydrogens is 136 g/mol. The van der Waals surface area contributed by atoms with Gasteiger partial charge in [-0.15, -0.1) is 0 Å². The standard InChI is InChI=1S/C6H12O4/c7-3-1-2-4(8)6(10)5(3)9/h3-10H,1-2H2/t3-,4+,5-,6-/m0/s1. The highest BCUT2D eigenvalue weighted by Gasteiger charge is 2.34. The minimum Gasteiger partial charge on any atom is -0.390 e. The van der Waals surface area contributed by atoms with E-state index in [1.807, 2.05) is 0 Å². The molecule has 0 unspecified atom stereocenters. The van der Waals surface area contributed by atoms with Gasteiger partial charge in [-0.1, -0.05) is 0 Å². The molecule has 0 heterocycles. The van der Waals surface area contributed by atoms with Crippen LogP contribution in [0.25, 0.3) is 0 Å². The predicted octanol–water partition coefficient (Wildman–Crippen LogP) is -1.78. The Bertz CT molecular complexity index is 102. The molecule has 0 aromatic rings. The molecule has 1 rings (SSSR count). The number of aliphatic hydroxyl groups is 4. The Hall–Kier alpha value is -0.160. The molecule has 0 radical (unpaired) electrons. The first kappa shape index (κ1) is 7.94. The zero-order valence-corrected chi connectivity index (χ0v) is 5.51. The van der Waals surface area contributed by atoms with Crippen LogP contribution in [-0.2, 0) is 0 Å². The molecular formula is C6H12O4. The first-order chi connectivity index (χ1) is 4.63. The van der Waals surface area contributed by atoms with E-state index in [-0.39, 0.29) is 0 Å². The Kier molecular flexibility index (Phi) is 2.25. The molecule has 0 spiro atoms. The van der Waals surface area contributed by atoms with Gasteiger partial charge in [-0.3, -0.25) is 0 Å². The van der Waals surface area contributed by atoms with Crippen molar-refractivity contribution in [3.63, 3.8) is 0 Å². The smallest absolute Gasteiger partial charge is 0.108 e. The Morgan fingerprint density at radius 1 is 0.700 bits per heavy atom. The van der Waals surface area contributed by atoms with Gasteiger partial charge in [0.15, 0.2) is 0 Å². The number of aliphatic hydroxyl groups excluding tert-OH is 4. The van der Waals surface area contributed by atoms with Crippen molar-refractivity contribution in [3.8, 4) is 0 Å². The fourth-order valence-electron chi connectivity index (χ4n) is 1.14. The third-order valence-corrected chi connectivity index (χ3v) is 1.90. The van der Waals surface area contributed by atoms with Gasteiger partial charge in [-0.2, -0.15) is 0 Å². The van der Waals surface area contributed by atoms with Crippen LogP contribution in [-0.4, -0.2) is 44.8 Å². The molecule has 0 aliphatic heterocycles. The van der Waals surface area contributed by atoms with Crippen molar-refractivity contribution in [3.05, 3.63) is 0 Å². The zero-order valence-electron chi connectivity index (χ0n) is 5.51. The lowest BCUT2D eigenvalue weighted by Crippen LogP contribution is -2.48. The van der Waals surface area contributed by atoms with Gasteiger partial charge in [0.05, 0.1) is 12.2 Å². The monoisotopic (exact) mass is 148 g/mol. The normalized spacial score (nSPS) is 49.2. The van der Waals surface area contributed by atoms with Gasteiger partial charge >= 0.3 is 0 Å². The SMILES string of the molecule is O[C@@H]1[C@@H](O)[C@@H](O)CC[C@H]1O. The lowest BCUT2D eigenvalue weighted by atomic mass is 9.90. The van der Waals surface area contributed by atoms with E-state index >= 15 is 0 Å². The van der Waals surface area contributed by atoms with Gasteiger partial charge in [0.25, 0.3) is 0 Å². The summed E-state index contributed by atoms with van der Waals surface area (Å²) in [5, 5.41) is 35.8. The second kappa shape index (κ2) is 2.84. The summed E-state index contributed by atoms with van der Waals surface area (Å²) >= 11 is 0. The van der Waals surface area contributed by atoms with Crippen LogP contribution in [0.5, 0.6) is 0 Å². The summed E-state index contributed by atoms with van der Waals surface area (Å²) in [7, 11) is 0. The minimum absolute atomic E-state index is 0.347. The van der Waals surface area contributed by atoms with Crippen LogP contribution in [0, 0.1) is 0 Å². The first-order valence-electron chi connectivity index (χ1n) is 3.35. The fraction of sp³-hybridized carbons (Fsp3) is 1.00. The topological polar surface area (TPSA) is 80.9 Å². The summed E-state index contributed by atoms with van der Waals surface area (Å²) in [5.41, 5.74) is 0. The van der Waals surface area contributed by atoms with E-state index in [0.29, 0.717) is 12.8 Å². The summed E-state index contributed by atoms with van der Waals surface area (Å²) in [4.78, 5) is 0. The van der Waals surface area contributed by atoms with Crippen LogP contribution >= 0.6 is 0 Å². The fourth-order valence-corrected chi connectivity index (χ4v) is 1.14. The van der Waals surface area contributed by atoms with Gasteiger partial charge in [0, 0.05) is 0 Å². The Labute approximate surface area is 58.7 Å². The second-order valence-corrected chi connectivity index (χ2v) is 2.69. The van der Waals surface area contributed by atoms with E-state index in [2.05, 4.69) is 0 Å². The van der Waals surface area contributed by atoms with Crippen molar-refractivity contribution >= 4 is 0 Å². The van der Waals surface area contributed by atoms with Crippen molar-refractivity contribution in [2.24, 2.45) is 0 Å². The summed E-state index contributed by atoms with van der Waals surface area (Å²) < 4.78 is 0. The maximum Gasteiger partial charge on any atom is 0.108 e. The molecule has 1 aliphatic carbocycles. The molecule has 4 atom stereocenters. The van der Waals surface area contributed by atoms with Gasteiger partial charge < -0.3 is 20.4 Å². The zero-order chi connectivity index (χ0) is 7.72. The Balaban J connectivity index is 2.52. The van der Waals surface area contributed by atoms with Crippen LogP contribution in [0.3, 0.4) is 0 Å². The van der Waals surface area contributed by atoms with Crippen molar-refractivity contribution in [2.75, 3.05) is 0 Å². The van der Waals surface area contributed by atoms with Crippen LogP contribution in [0.1, 0.15) is 12.8 Å². The van der Waals surface area contributed by atoms with E-state index < -0.39 is 24.4 Å². The lowest BCUT2D eigenvalue weighted by molar-refractivity contribution is -0.135. The van der Waals surface area contributed by atoms with E-state index in [1.54, 1.807) is 0 Å². The molecule has 0 saturated heterocycles. The van der Waals surface area contributed by atoms with Crippen molar-refractivity contribution < 1.29 is 20.4 Å². The lowest BCUT2D eigenvalue weighted by Gasteiger charge is -2.31. The van der Waals surface area contributed by atoms with Gasteiger partial charge in [0.2, 0.25) is 0 Å². The first-order valence-corrected chi connectivity index (χ1v) is 3.35. The molecule has 4 nitrogen and oxygen atoms in total. The quantitative estimate of drug-likeness (QED) is 0.327. The maximum absolute atomic E-state index is 8.96. The largest absolute Gasteiger partial charge is 0.390 e. The Morgan fingerprint density at radius 3 is 1.30 bits per heavy atom. The van der Waals surface area contributed by atoms with E-state index in [1.165, 1.54) is 0 Å². The average Bonchev–Trinajstić information content (AvgIpc) is 1.93. The van der Waals surface area contributed by atoms with E-state index in [4.69, 9.17) is 20.4 Å². The predicted molar refractivity (Wildman–Crippen MR) is 33.3 cm³/mol. The van der Waals surface area contributed by atoms with Crippen LogP contribution in [0.4, 0.5) is 0 Å². The second-order valence-electron chi connectivity index (χ2n) is 2.69. The molecule has 1 fully saturated rings. The molecule has 0 aromatic heterocycles. The minimum atomic E-state index is -1.19. The van der Waals surface area contributed by atoms with Crippen molar-refractivity contribution in [1.82, 2.24) is 0 Å². The average molecular weight is 148 g/mol. The van der Waals surface area contributed by atoms with Crippen molar-refractivity contribution in [2.45, 2.75) is 37.3 Å². The van der Waals surface area contributed by atoms with Crippen LogP contribution in [0.15, 0.2) is 0 Å². The molecule has 60 valence electrons. The molecule has 0 bridgehead atoms. The van der Waals surface area contributed by atoms with Gasteiger partial charge in [-0.05, 0) is 12.8 Å². The highest BCUT2D eigenvalue weighted by atomic mass is 16.4. The summed E-state index contributed by atoms with van der Waals surface area (Å²) in [6.45, 7) is 0. The summed E-state index contributed by atoms with van der Waals surface area (Å²) in [5.74, 6) is 0. The molecule has 10 heavy (non-hydrogen) atoms. The molecule has 1 saturated carbocycles. The van der Waals surface area contributed by atoms with E-state index in [0.717, 1.165) is 0 Å². The third-order valence-electron chi connectivity index (χ3n) is 1.90.